The number of aliphatic hydroxyl groups excluding tert-OH is 1. The van der Waals surface area contributed by atoms with E-state index in [1.807, 2.05) is 0 Å². The SMILES string of the molecule is COC(=O)C(=NC(C)C)/C(C(=O)OC)=C(\O)C(F)(F)F. The molecule has 114 valence electrons. The molecule has 0 radical (unpaired) electrons. The molecule has 0 aromatic rings. The summed E-state index contributed by atoms with van der Waals surface area (Å²) in [6.07, 6.45) is -5.24. The third-order valence-electron chi connectivity index (χ3n) is 1.90. The highest BCUT2D eigenvalue weighted by Gasteiger charge is 2.42. The van der Waals surface area contributed by atoms with Gasteiger partial charge < -0.3 is 14.6 Å². The van der Waals surface area contributed by atoms with Gasteiger partial charge in [-0.1, -0.05) is 0 Å². The maximum absolute atomic E-state index is 12.5. The molecule has 0 aliphatic carbocycles. The van der Waals surface area contributed by atoms with Gasteiger partial charge in [-0.25, -0.2) is 9.59 Å². The predicted molar refractivity (Wildman–Crippen MR) is 62.3 cm³/mol. The summed E-state index contributed by atoms with van der Waals surface area (Å²) >= 11 is 0. The minimum atomic E-state index is -5.24. The van der Waals surface area contributed by atoms with Gasteiger partial charge in [0.15, 0.2) is 5.71 Å². The quantitative estimate of drug-likeness (QED) is 0.368. The van der Waals surface area contributed by atoms with Crippen LogP contribution in [0.5, 0.6) is 0 Å². The molecule has 0 bridgehead atoms. The smallest absolute Gasteiger partial charge is 0.449 e. The van der Waals surface area contributed by atoms with Crippen molar-refractivity contribution >= 4 is 17.7 Å². The first-order valence-corrected chi connectivity index (χ1v) is 5.31. The fourth-order valence-electron chi connectivity index (χ4n) is 1.12. The molecule has 0 aliphatic rings. The number of hydrogen-bond acceptors (Lipinski definition) is 6. The number of aliphatic hydroxyl groups is 1. The van der Waals surface area contributed by atoms with Crippen LogP contribution >= 0.6 is 0 Å². The van der Waals surface area contributed by atoms with E-state index in [1.54, 1.807) is 0 Å². The molecule has 20 heavy (non-hydrogen) atoms. The molecule has 0 atom stereocenters. The van der Waals surface area contributed by atoms with E-state index in [-0.39, 0.29) is 0 Å². The van der Waals surface area contributed by atoms with Crippen LogP contribution in [0.15, 0.2) is 16.3 Å². The number of methoxy groups -OCH3 is 2. The van der Waals surface area contributed by atoms with Crippen molar-refractivity contribution in [3.8, 4) is 0 Å². The summed E-state index contributed by atoms with van der Waals surface area (Å²) in [6, 6.07) is -0.621. The molecule has 0 rings (SSSR count). The largest absolute Gasteiger partial charge is 0.504 e. The van der Waals surface area contributed by atoms with Gasteiger partial charge in [0.2, 0.25) is 5.76 Å². The first-order valence-electron chi connectivity index (χ1n) is 5.31. The van der Waals surface area contributed by atoms with Gasteiger partial charge >= 0.3 is 18.1 Å². The normalized spacial score (nSPS) is 13.9. The maximum atomic E-state index is 12.5. The minimum Gasteiger partial charge on any atom is -0.504 e. The highest BCUT2D eigenvalue weighted by atomic mass is 19.4. The van der Waals surface area contributed by atoms with Gasteiger partial charge in [-0.05, 0) is 13.8 Å². The number of halogens is 3. The lowest BCUT2D eigenvalue weighted by Gasteiger charge is -2.13. The molecular weight excluding hydrogens is 283 g/mol. The Morgan fingerprint density at radius 3 is 1.85 bits per heavy atom. The second kappa shape index (κ2) is 6.92. The Labute approximate surface area is 112 Å². The molecular formula is C11H14F3NO5. The Kier molecular flexibility index (Phi) is 6.21. The monoisotopic (exact) mass is 297 g/mol. The van der Waals surface area contributed by atoms with Gasteiger partial charge in [0.05, 0.1) is 14.2 Å². The van der Waals surface area contributed by atoms with E-state index < -0.39 is 41.2 Å². The average Bonchev–Trinajstić information content (AvgIpc) is 2.34. The summed E-state index contributed by atoms with van der Waals surface area (Å²) in [6.45, 7) is 2.92. The third-order valence-corrected chi connectivity index (χ3v) is 1.90. The summed E-state index contributed by atoms with van der Waals surface area (Å²) in [5.74, 6) is -5.12. The molecule has 1 N–H and O–H groups in total. The van der Waals surface area contributed by atoms with Crippen molar-refractivity contribution in [2.45, 2.75) is 26.1 Å². The Bertz CT molecular complexity index is 451. The molecule has 0 aliphatic heterocycles. The third kappa shape index (κ3) is 4.56. The van der Waals surface area contributed by atoms with Crippen molar-refractivity contribution in [3.05, 3.63) is 11.3 Å². The van der Waals surface area contributed by atoms with E-state index in [0.29, 0.717) is 0 Å². The number of esters is 2. The molecule has 0 aromatic heterocycles. The maximum Gasteiger partial charge on any atom is 0.449 e. The number of ether oxygens (including phenoxy) is 2. The Hall–Kier alpha value is -2.06. The minimum absolute atomic E-state index is 0.621. The van der Waals surface area contributed by atoms with Crippen LogP contribution in [0.4, 0.5) is 13.2 Å². The van der Waals surface area contributed by atoms with Crippen LogP contribution in [-0.2, 0) is 19.1 Å². The number of nitrogens with zero attached hydrogens (tertiary/aromatic N) is 1. The second-order valence-electron chi connectivity index (χ2n) is 3.78. The van der Waals surface area contributed by atoms with E-state index in [0.717, 1.165) is 14.2 Å². The molecule has 0 heterocycles. The molecule has 0 fully saturated rings. The topological polar surface area (TPSA) is 85.2 Å². The highest BCUT2D eigenvalue weighted by Crippen LogP contribution is 2.27. The lowest BCUT2D eigenvalue weighted by molar-refractivity contribution is -0.141. The van der Waals surface area contributed by atoms with Gasteiger partial charge in [-0.3, -0.25) is 4.99 Å². The summed E-state index contributed by atoms with van der Waals surface area (Å²) in [7, 11) is 1.70. The number of carbonyl (C=O) groups excluding carboxylic acids is 2. The standard InChI is InChI=1S/C11H14F3NO5/c1-5(2)15-7(10(18)20-4)6(9(17)19-3)8(16)11(12,13)14/h5,16H,1-4H3/b8-6+,15-7?. The second-order valence-corrected chi connectivity index (χ2v) is 3.78. The molecule has 0 saturated heterocycles. The van der Waals surface area contributed by atoms with Crippen LogP contribution in [0.3, 0.4) is 0 Å². The zero-order chi connectivity index (χ0) is 16.1. The Morgan fingerprint density at radius 1 is 1.10 bits per heavy atom. The molecule has 0 unspecified atom stereocenters. The number of rotatable bonds is 4. The fraction of sp³-hybridized carbons (Fsp3) is 0.545. The van der Waals surface area contributed by atoms with E-state index in [2.05, 4.69) is 14.5 Å². The van der Waals surface area contributed by atoms with Crippen molar-refractivity contribution in [2.75, 3.05) is 14.2 Å². The van der Waals surface area contributed by atoms with Gasteiger partial charge in [-0.2, -0.15) is 13.2 Å². The van der Waals surface area contributed by atoms with E-state index in [1.165, 1.54) is 13.8 Å². The fourth-order valence-corrected chi connectivity index (χ4v) is 1.12. The summed E-state index contributed by atoms with van der Waals surface area (Å²) in [4.78, 5) is 26.5. The number of carbonyl (C=O) groups is 2. The first-order chi connectivity index (χ1) is 9.06. The zero-order valence-electron chi connectivity index (χ0n) is 11.2. The highest BCUT2D eigenvalue weighted by molar-refractivity contribution is 6.49. The zero-order valence-corrected chi connectivity index (χ0v) is 11.2. The van der Waals surface area contributed by atoms with Crippen molar-refractivity contribution in [2.24, 2.45) is 4.99 Å². The molecule has 0 saturated carbocycles. The molecule has 0 aromatic carbocycles. The number of aliphatic imine (C=N–C) groups is 1. The van der Waals surface area contributed by atoms with E-state index in [4.69, 9.17) is 5.11 Å². The molecule has 6 nitrogen and oxygen atoms in total. The Morgan fingerprint density at radius 2 is 1.55 bits per heavy atom. The summed E-state index contributed by atoms with van der Waals surface area (Å²) in [5.41, 5.74) is -2.34. The van der Waals surface area contributed by atoms with Crippen molar-refractivity contribution in [1.82, 2.24) is 0 Å². The number of allylic oxidation sites excluding steroid dienone is 1. The lowest BCUT2D eigenvalue weighted by Crippen LogP contribution is -2.30. The summed E-state index contributed by atoms with van der Waals surface area (Å²) in [5, 5.41) is 9.14. The van der Waals surface area contributed by atoms with Crippen molar-refractivity contribution < 1.29 is 37.3 Å². The predicted octanol–water partition coefficient (Wildman–Crippen LogP) is 1.56. The van der Waals surface area contributed by atoms with Crippen molar-refractivity contribution in [1.29, 1.82) is 0 Å². The van der Waals surface area contributed by atoms with E-state index in [9.17, 15) is 22.8 Å². The summed E-state index contributed by atoms with van der Waals surface area (Å²) < 4.78 is 46.0. The van der Waals surface area contributed by atoms with Gasteiger partial charge in [0, 0.05) is 6.04 Å². The van der Waals surface area contributed by atoms with Crippen LogP contribution in [0.2, 0.25) is 0 Å². The number of hydrogen-bond donors (Lipinski definition) is 1. The lowest BCUT2D eigenvalue weighted by atomic mass is 10.1. The van der Waals surface area contributed by atoms with E-state index >= 15 is 0 Å². The molecule has 0 spiro atoms. The van der Waals surface area contributed by atoms with Crippen LogP contribution in [0, 0.1) is 0 Å². The first kappa shape index (κ1) is 17.9. The average molecular weight is 297 g/mol. The van der Waals surface area contributed by atoms with Crippen LogP contribution in [-0.4, -0.2) is 49.2 Å². The van der Waals surface area contributed by atoms with Gasteiger partial charge in [0.25, 0.3) is 0 Å². The number of alkyl halides is 3. The molecule has 0 amide bonds. The van der Waals surface area contributed by atoms with Crippen molar-refractivity contribution in [3.63, 3.8) is 0 Å². The van der Waals surface area contributed by atoms with Gasteiger partial charge in [0.1, 0.15) is 5.57 Å². The van der Waals surface area contributed by atoms with Crippen LogP contribution < -0.4 is 0 Å². The van der Waals surface area contributed by atoms with Gasteiger partial charge in [-0.15, -0.1) is 0 Å². The van der Waals surface area contributed by atoms with Crippen LogP contribution in [0.1, 0.15) is 13.8 Å². The van der Waals surface area contributed by atoms with Crippen LogP contribution in [0.25, 0.3) is 0 Å². The molecule has 9 heteroatoms. The Balaban J connectivity index is 6.23.